The van der Waals surface area contributed by atoms with Crippen molar-refractivity contribution in [2.45, 2.75) is 44.8 Å². The van der Waals surface area contributed by atoms with Crippen molar-refractivity contribution in [1.82, 2.24) is 5.32 Å². The lowest BCUT2D eigenvalue weighted by Crippen LogP contribution is -2.21. The predicted octanol–water partition coefficient (Wildman–Crippen LogP) is 1.55. The van der Waals surface area contributed by atoms with E-state index in [2.05, 4.69) is 12.2 Å². The van der Waals surface area contributed by atoms with E-state index in [0.29, 0.717) is 6.10 Å². The van der Waals surface area contributed by atoms with Gasteiger partial charge in [0.05, 0.1) is 6.10 Å². The van der Waals surface area contributed by atoms with E-state index in [1.807, 2.05) is 0 Å². The van der Waals surface area contributed by atoms with Gasteiger partial charge in [-0.25, -0.2) is 0 Å². The molecule has 0 unspecified atom stereocenters. The maximum atomic E-state index is 5.26. The maximum absolute atomic E-state index is 5.26. The third kappa shape index (κ3) is 2.80. The minimum atomic E-state index is 0.469. The third-order valence-electron chi connectivity index (χ3n) is 2.42. The predicted molar refractivity (Wildman–Crippen MR) is 46.7 cm³/mol. The molecule has 2 heteroatoms. The summed E-state index contributed by atoms with van der Waals surface area (Å²) in [7, 11) is 1.80. The summed E-state index contributed by atoms with van der Waals surface area (Å²) in [5, 5.41) is 3.47. The molecule has 0 aliphatic carbocycles. The van der Waals surface area contributed by atoms with E-state index in [-0.39, 0.29) is 0 Å². The Kier molecular flexibility index (Phi) is 3.87. The van der Waals surface area contributed by atoms with Crippen LogP contribution in [0.2, 0.25) is 0 Å². The maximum Gasteiger partial charge on any atom is 0.0710 e. The number of nitrogens with one attached hydrogen (secondary N) is 1. The molecule has 1 aliphatic rings. The molecule has 0 saturated carbocycles. The summed E-state index contributed by atoms with van der Waals surface area (Å²) in [6, 6.07) is 0.722. The highest BCUT2D eigenvalue weighted by Crippen LogP contribution is 2.14. The van der Waals surface area contributed by atoms with Crippen LogP contribution >= 0.6 is 0 Å². The molecule has 1 heterocycles. The first kappa shape index (κ1) is 9.01. The van der Waals surface area contributed by atoms with Crippen LogP contribution in [0.1, 0.15) is 32.6 Å². The second-order valence-electron chi connectivity index (χ2n) is 3.34. The molecule has 0 amide bonds. The summed E-state index contributed by atoms with van der Waals surface area (Å²) < 4.78 is 5.26. The molecule has 0 radical (unpaired) electrons. The smallest absolute Gasteiger partial charge is 0.0710 e. The van der Waals surface area contributed by atoms with Crippen LogP contribution in [0.5, 0.6) is 0 Å². The molecule has 0 spiro atoms. The molecule has 1 N–H and O–H groups in total. The van der Waals surface area contributed by atoms with Gasteiger partial charge in [0, 0.05) is 19.7 Å². The largest absolute Gasteiger partial charge is 0.380 e. The first-order valence-electron chi connectivity index (χ1n) is 4.63. The summed E-state index contributed by atoms with van der Waals surface area (Å²) in [5.74, 6) is 0. The van der Waals surface area contributed by atoms with Crippen molar-refractivity contribution in [3.63, 3.8) is 0 Å². The Hall–Kier alpha value is -0.0800. The zero-order chi connectivity index (χ0) is 8.10. The van der Waals surface area contributed by atoms with E-state index < -0.39 is 0 Å². The standard InChI is InChI=1S/C9H19NO/c1-3-4-5-8-6-9(11-2)7-10-8/h8-10H,3-7H2,1-2H3/t8-,9-/m1/s1. The van der Waals surface area contributed by atoms with E-state index in [9.17, 15) is 0 Å². The van der Waals surface area contributed by atoms with Crippen molar-refractivity contribution < 1.29 is 4.74 Å². The summed E-state index contributed by atoms with van der Waals surface area (Å²) >= 11 is 0. The Balaban J connectivity index is 2.09. The third-order valence-corrected chi connectivity index (χ3v) is 2.42. The minimum Gasteiger partial charge on any atom is -0.380 e. The summed E-state index contributed by atoms with van der Waals surface area (Å²) in [6.07, 6.45) is 5.63. The first-order chi connectivity index (χ1) is 5.36. The quantitative estimate of drug-likeness (QED) is 0.668. The molecule has 1 aliphatic heterocycles. The number of hydrogen-bond donors (Lipinski definition) is 1. The van der Waals surface area contributed by atoms with Gasteiger partial charge in [0.25, 0.3) is 0 Å². The van der Waals surface area contributed by atoms with Crippen LogP contribution in [0, 0.1) is 0 Å². The van der Waals surface area contributed by atoms with Gasteiger partial charge in [0.2, 0.25) is 0 Å². The topological polar surface area (TPSA) is 21.3 Å². The van der Waals surface area contributed by atoms with Gasteiger partial charge in [-0.05, 0) is 12.8 Å². The highest BCUT2D eigenvalue weighted by Gasteiger charge is 2.22. The fourth-order valence-corrected chi connectivity index (χ4v) is 1.63. The Morgan fingerprint density at radius 1 is 1.55 bits per heavy atom. The van der Waals surface area contributed by atoms with Gasteiger partial charge in [0.15, 0.2) is 0 Å². The van der Waals surface area contributed by atoms with Gasteiger partial charge in [-0.2, -0.15) is 0 Å². The van der Waals surface area contributed by atoms with Crippen LogP contribution in [0.4, 0.5) is 0 Å². The van der Waals surface area contributed by atoms with E-state index in [4.69, 9.17) is 4.74 Å². The van der Waals surface area contributed by atoms with Crippen LogP contribution in [-0.2, 0) is 4.74 Å². The Labute approximate surface area is 69.3 Å². The summed E-state index contributed by atoms with van der Waals surface area (Å²) in [5.41, 5.74) is 0. The summed E-state index contributed by atoms with van der Waals surface area (Å²) in [4.78, 5) is 0. The van der Waals surface area contributed by atoms with Crippen molar-refractivity contribution in [2.75, 3.05) is 13.7 Å². The van der Waals surface area contributed by atoms with Crippen LogP contribution in [-0.4, -0.2) is 25.8 Å². The number of unbranched alkanes of at least 4 members (excludes halogenated alkanes) is 1. The molecule has 1 fully saturated rings. The number of methoxy groups -OCH3 is 1. The molecular weight excluding hydrogens is 138 g/mol. The van der Waals surface area contributed by atoms with Crippen molar-refractivity contribution in [2.24, 2.45) is 0 Å². The first-order valence-corrected chi connectivity index (χ1v) is 4.63. The average molecular weight is 157 g/mol. The zero-order valence-corrected chi connectivity index (χ0v) is 7.60. The highest BCUT2D eigenvalue weighted by atomic mass is 16.5. The highest BCUT2D eigenvalue weighted by molar-refractivity contribution is 4.81. The zero-order valence-electron chi connectivity index (χ0n) is 7.60. The molecule has 2 atom stereocenters. The van der Waals surface area contributed by atoms with Crippen molar-refractivity contribution >= 4 is 0 Å². The molecule has 0 aromatic carbocycles. The summed E-state index contributed by atoms with van der Waals surface area (Å²) in [6.45, 7) is 3.29. The van der Waals surface area contributed by atoms with Gasteiger partial charge in [-0.3, -0.25) is 0 Å². The number of hydrogen-bond acceptors (Lipinski definition) is 2. The van der Waals surface area contributed by atoms with E-state index in [1.165, 1.54) is 25.7 Å². The van der Waals surface area contributed by atoms with Gasteiger partial charge in [-0.15, -0.1) is 0 Å². The molecule has 0 aromatic heterocycles. The molecule has 0 bridgehead atoms. The lowest BCUT2D eigenvalue weighted by Gasteiger charge is -2.08. The van der Waals surface area contributed by atoms with Crippen LogP contribution in [0.25, 0.3) is 0 Å². The Morgan fingerprint density at radius 2 is 2.36 bits per heavy atom. The van der Waals surface area contributed by atoms with Gasteiger partial charge in [0.1, 0.15) is 0 Å². The lowest BCUT2D eigenvalue weighted by atomic mass is 10.1. The lowest BCUT2D eigenvalue weighted by molar-refractivity contribution is 0.117. The molecule has 0 aromatic rings. The Bertz CT molecular complexity index is 106. The second kappa shape index (κ2) is 4.73. The van der Waals surface area contributed by atoms with Crippen molar-refractivity contribution in [3.8, 4) is 0 Å². The van der Waals surface area contributed by atoms with E-state index >= 15 is 0 Å². The fourth-order valence-electron chi connectivity index (χ4n) is 1.63. The Morgan fingerprint density at radius 3 is 2.91 bits per heavy atom. The molecular formula is C9H19NO. The normalized spacial score (nSPS) is 31.1. The number of rotatable bonds is 4. The number of ether oxygens (including phenoxy) is 1. The molecule has 11 heavy (non-hydrogen) atoms. The monoisotopic (exact) mass is 157 g/mol. The molecule has 1 rings (SSSR count). The van der Waals surface area contributed by atoms with Gasteiger partial charge < -0.3 is 10.1 Å². The SMILES string of the molecule is CCCC[C@@H]1C[C@@H](OC)CN1. The van der Waals surface area contributed by atoms with Crippen molar-refractivity contribution in [1.29, 1.82) is 0 Å². The molecule has 2 nitrogen and oxygen atoms in total. The van der Waals surface area contributed by atoms with E-state index in [1.54, 1.807) is 7.11 Å². The van der Waals surface area contributed by atoms with Gasteiger partial charge >= 0.3 is 0 Å². The fraction of sp³-hybridized carbons (Fsp3) is 1.00. The van der Waals surface area contributed by atoms with Crippen molar-refractivity contribution in [3.05, 3.63) is 0 Å². The minimum absolute atomic E-state index is 0.469. The molecule has 66 valence electrons. The average Bonchev–Trinajstić information content (AvgIpc) is 2.48. The van der Waals surface area contributed by atoms with Crippen LogP contribution in [0.3, 0.4) is 0 Å². The van der Waals surface area contributed by atoms with E-state index in [0.717, 1.165) is 12.6 Å². The van der Waals surface area contributed by atoms with Gasteiger partial charge in [-0.1, -0.05) is 19.8 Å². The molecule has 1 saturated heterocycles. The van der Waals surface area contributed by atoms with Crippen LogP contribution < -0.4 is 5.32 Å². The second-order valence-corrected chi connectivity index (χ2v) is 3.34. The van der Waals surface area contributed by atoms with Crippen LogP contribution in [0.15, 0.2) is 0 Å².